The molecule has 0 bridgehead atoms. The number of anilines is 2. The predicted molar refractivity (Wildman–Crippen MR) is 107 cm³/mol. The zero-order valence-corrected chi connectivity index (χ0v) is 16.4. The second kappa shape index (κ2) is 11.9. The van der Waals surface area contributed by atoms with Crippen LogP contribution in [-0.4, -0.2) is 74.6 Å². The van der Waals surface area contributed by atoms with Crippen LogP contribution in [-0.2, 0) is 9.59 Å². The molecule has 0 radical (unpaired) electrons. The maximum atomic E-state index is 12.0. The summed E-state index contributed by atoms with van der Waals surface area (Å²) in [5.41, 5.74) is 1.76. The Morgan fingerprint density at radius 1 is 1.15 bits per heavy atom. The van der Waals surface area contributed by atoms with Gasteiger partial charge >= 0.3 is 12.0 Å². The van der Waals surface area contributed by atoms with Crippen molar-refractivity contribution in [3.8, 4) is 0 Å². The van der Waals surface area contributed by atoms with E-state index in [1.54, 1.807) is 7.05 Å². The van der Waals surface area contributed by atoms with Gasteiger partial charge < -0.3 is 20.1 Å². The third-order valence-electron chi connectivity index (χ3n) is 4.19. The molecule has 1 aromatic carbocycles. The summed E-state index contributed by atoms with van der Waals surface area (Å²) in [4.78, 5) is 39.0. The number of urea groups is 1. The van der Waals surface area contributed by atoms with E-state index in [2.05, 4.69) is 10.2 Å². The molecule has 8 heteroatoms. The Labute approximate surface area is 160 Å². The normalized spacial score (nSPS) is 14.0. The van der Waals surface area contributed by atoms with Gasteiger partial charge in [0.25, 0.3) is 0 Å². The van der Waals surface area contributed by atoms with E-state index < -0.39 is 5.97 Å². The molecule has 2 rings (SSSR count). The number of amides is 2. The lowest BCUT2D eigenvalue weighted by atomic mass is 10.2. The Morgan fingerprint density at radius 3 is 2.22 bits per heavy atom. The Kier molecular flexibility index (Phi) is 9.89. The van der Waals surface area contributed by atoms with Gasteiger partial charge in [0.2, 0.25) is 0 Å². The topological polar surface area (TPSA) is 93.2 Å². The lowest BCUT2D eigenvalue weighted by Gasteiger charge is -2.35. The summed E-state index contributed by atoms with van der Waals surface area (Å²) in [5, 5.41) is 11.4. The molecule has 2 amide bonds. The minimum absolute atomic E-state index is 0.0740. The molecule has 0 spiro atoms. The molecule has 0 unspecified atom stereocenters. The SMILES string of the molecule is CC.CNC(=O)N(CCC=O)c1ccc(N2CCN(CC(=O)O)CC2)cc1. The number of carboxylic acids is 1. The number of benzene rings is 1. The molecule has 1 aliphatic rings. The van der Waals surface area contributed by atoms with Gasteiger partial charge in [-0.15, -0.1) is 0 Å². The van der Waals surface area contributed by atoms with Crippen molar-refractivity contribution in [2.45, 2.75) is 20.3 Å². The minimum Gasteiger partial charge on any atom is -0.480 e. The standard InChI is InChI=1S/C17H24N4O4.C2H6/c1-18-17(25)21(7-2-12-22)15-5-3-14(4-6-15)20-10-8-19(9-11-20)13-16(23)24;1-2/h3-6,12H,2,7-11,13H2,1H3,(H,18,25)(H,23,24);1-2H3. The number of rotatable bonds is 7. The summed E-state index contributed by atoms with van der Waals surface area (Å²) < 4.78 is 0. The predicted octanol–water partition coefficient (Wildman–Crippen LogP) is 1.65. The summed E-state index contributed by atoms with van der Waals surface area (Å²) in [6.07, 6.45) is 1.07. The highest BCUT2D eigenvalue weighted by Crippen LogP contribution is 2.22. The molecule has 27 heavy (non-hydrogen) atoms. The molecular weight excluding hydrogens is 348 g/mol. The molecule has 1 aromatic rings. The fraction of sp³-hybridized carbons (Fsp3) is 0.526. The van der Waals surface area contributed by atoms with E-state index in [9.17, 15) is 14.4 Å². The van der Waals surface area contributed by atoms with Crippen LogP contribution in [0, 0.1) is 0 Å². The third kappa shape index (κ3) is 6.90. The van der Waals surface area contributed by atoms with Gasteiger partial charge in [0.05, 0.1) is 6.54 Å². The van der Waals surface area contributed by atoms with Crippen molar-refractivity contribution in [2.75, 3.05) is 56.1 Å². The Hall–Kier alpha value is -2.61. The second-order valence-corrected chi connectivity index (χ2v) is 5.84. The maximum Gasteiger partial charge on any atom is 0.321 e. The van der Waals surface area contributed by atoms with Crippen LogP contribution < -0.4 is 15.1 Å². The highest BCUT2D eigenvalue weighted by Gasteiger charge is 2.19. The van der Waals surface area contributed by atoms with Gasteiger partial charge in [0.1, 0.15) is 6.29 Å². The second-order valence-electron chi connectivity index (χ2n) is 5.84. The van der Waals surface area contributed by atoms with Crippen molar-refractivity contribution in [1.29, 1.82) is 0 Å². The van der Waals surface area contributed by atoms with Crippen LogP contribution in [0.25, 0.3) is 0 Å². The lowest BCUT2D eigenvalue weighted by molar-refractivity contribution is -0.138. The lowest BCUT2D eigenvalue weighted by Crippen LogP contribution is -2.48. The molecule has 0 aliphatic carbocycles. The zero-order chi connectivity index (χ0) is 20.2. The summed E-state index contributed by atoms with van der Waals surface area (Å²) in [6.45, 7) is 7.34. The van der Waals surface area contributed by atoms with E-state index >= 15 is 0 Å². The van der Waals surface area contributed by atoms with E-state index in [1.165, 1.54) is 4.90 Å². The molecule has 150 valence electrons. The van der Waals surface area contributed by atoms with Gasteiger partial charge in [-0.3, -0.25) is 14.6 Å². The first-order chi connectivity index (χ1) is 13.0. The van der Waals surface area contributed by atoms with Crippen LogP contribution in [0.2, 0.25) is 0 Å². The van der Waals surface area contributed by atoms with Gasteiger partial charge in [-0.25, -0.2) is 4.79 Å². The smallest absolute Gasteiger partial charge is 0.321 e. The number of aliphatic carboxylic acids is 1. The highest BCUT2D eigenvalue weighted by atomic mass is 16.4. The average molecular weight is 378 g/mol. The summed E-state index contributed by atoms with van der Waals surface area (Å²) in [5.74, 6) is -0.803. The fourth-order valence-electron chi connectivity index (χ4n) is 2.86. The molecule has 0 atom stereocenters. The van der Waals surface area contributed by atoms with Gasteiger partial charge in [-0.1, -0.05) is 13.8 Å². The summed E-state index contributed by atoms with van der Waals surface area (Å²) >= 11 is 0. The number of hydrogen-bond donors (Lipinski definition) is 2. The van der Waals surface area contributed by atoms with Crippen LogP contribution in [0.15, 0.2) is 24.3 Å². The molecule has 1 fully saturated rings. The van der Waals surface area contributed by atoms with Crippen molar-refractivity contribution in [2.24, 2.45) is 0 Å². The number of nitrogens with zero attached hydrogens (tertiary/aromatic N) is 3. The van der Waals surface area contributed by atoms with Crippen LogP contribution in [0.5, 0.6) is 0 Å². The number of nitrogens with one attached hydrogen (secondary N) is 1. The van der Waals surface area contributed by atoms with Crippen LogP contribution in [0.1, 0.15) is 20.3 Å². The average Bonchev–Trinajstić information content (AvgIpc) is 2.70. The quantitative estimate of drug-likeness (QED) is 0.701. The van der Waals surface area contributed by atoms with E-state index in [0.717, 1.165) is 30.8 Å². The van der Waals surface area contributed by atoms with Gasteiger partial charge in [0.15, 0.2) is 0 Å². The molecule has 1 heterocycles. The molecule has 1 saturated heterocycles. The summed E-state index contributed by atoms with van der Waals surface area (Å²) in [7, 11) is 1.56. The van der Waals surface area contributed by atoms with Crippen molar-refractivity contribution in [3.05, 3.63) is 24.3 Å². The number of piperazine rings is 1. The number of hydrogen-bond acceptors (Lipinski definition) is 5. The molecular formula is C19H30N4O4. The molecule has 2 N–H and O–H groups in total. The van der Waals surface area contributed by atoms with Gasteiger partial charge in [-0.2, -0.15) is 0 Å². The summed E-state index contributed by atoms with van der Waals surface area (Å²) in [6, 6.07) is 7.35. The number of carbonyl (C=O) groups is 3. The fourth-order valence-corrected chi connectivity index (χ4v) is 2.86. The molecule has 0 aromatic heterocycles. The molecule has 1 aliphatic heterocycles. The van der Waals surface area contributed by atoms with Crippen molar-refractivity contribution in [1.82, 2.24) is 10.2 Å². The first kappa shape index (κ1) is 22.4. The van der Waals surface area contributed by atoms with Crippen molar-refractivity contribution < 1.29 is 19.5 Å². The minimum atomic E-state index is -0.803. The first-order valence-electron chi connectivity index (χ1n) is 9.27. The van der Waals surface area contributed by atoms with Crippen LogP contribution in [0.4, 0.5) is 16.2 Å². The van der Waals surface area contributed by atoms with Crippen molar-refractivity contribution in [3.63, 3.8) is 0 Å². The van der Waals surface area contributed by atoms with Gasteiger partial charge in [0, 0.05) is 57.6 Å². The number of carboxylic acid groups (broad SMARTS) is 1. The number of carbonyl (C=O) groups excluding carboxylic acids is 2. The maximum absolute atomic E-state index is 12.0. The van der Waals surface area contributed by atoms with E-state index in [4.69, 9.17) is 5.11 Å². The van der Waals surface area contributed by atoms with Gasteiger partial charge in [-0.05, 0) is 24.3 Å². The Balaban J connectivity index is 0.00000176. The zero-order valence-electron chi connectivity index (χ0n) is 16.4. The van der Waals surface area contributed by atoms with Crippen LogP contribution >= 0.6 is 0 Å². The van der Waals surface area contributed by atoms with E-state index in [-0.39, 0.29) is 19.0 Å². The largest absolute Gasteiger partial charge is 0.480 e. The van der Waals surface area contributed by atoms with E-state index in [0.29, 0.717) is 19.6 Å². The third-order valence-corrected chi connectivity index (χ3v) is 4.19. The van der Waals surface area contributed by atoms with Crippen LogP contribution in [0.3, 0.4) is 0 Å². The van der Waals surface area contributed by atoms with E-state index in [1.807, 2.05) is 43.0 Å². The first-order valence-corrected chi connectivity index (χ1v) is 9.27. The molecule has 8 nitrogen and oxygen atoms in total. The molecule has 0 saturated carbocycles. The van der Waals surface area contributed by atoms with Crippen molar-refractivity contribution >= 4 is 29.7 Å². The Morgan fingerprint density at radius 2 is 1.74 bits per heavy atom. The Bertz CT molecular complexity index is 598. The highest BCUT2D eigenvalue weighted by molar-refractivity contribution is 5.92. The number of aldehydes is 1. The monoisotopic (exact) mass is 378 g/mol.